The maximum Gasteiger partial charge on any atom is 0.159 e. The van der Waals surface area contributed by atoms with Gasteiger partial charge < -0.3 is 4.84 Å². The van der Waals surface area contributed by atoms with Crippen LogP contribution in [0.15, 0.2) is 66.3 Å². The Morgan fingerprint density at radius 2 is 1.91 bits per heavy atom. The molecule has 0 aliphatic carbocycles. The molecule has 7 nitrogen and oxygen atoms in total. The number of halogens is 2. The van der Waals surface area contributed by atoms with E-state index >= 15 is 0 Å². The first-order chi connectivity index (χ1) is 17.1. The minimum Gasteiger partial charge on any atom is -0.396 e. The van der Waals surface area contributed by atoms with Crippen LogP contribution >= 0.6 is 0 Å². The SMILES string of the molecule is CCO/N=C(\c1ccc(F)c(F)c1)c1ccc(CN2CCC(c3ccc4ncnn4c3)CC2)cn1. The Balaban J connectivity index is 1.23. The highest BCUT2D eigenvalue weighted by Gasteiger charge is 2.21. The lowest BCUT2D eigenvalue weighted by Crippen LogP contribution is -2.32. The van der Waals surface area contributed by atoms with Crippen LogP contribution in [-0.4, -0.2) is 49.9 Å². The number of piperidine rings is 1. The summed E-state index contributed by atoms with van der Waals surface area (Å²) in [7, 11) is 0. The van der Waals surface area contributed by atoms with Gasteiger partial charge in [-0.15, -0.1) is 0 Å². The Bertz CT molecular complexity index is 1330. The van der Waals surface area contributed by atoms with Gasteiger partial charge in [-0.2, -0.15) is 5.10 Å². The predicted octanol–water partition coefficient (Wildman–Crippen LogP) is 4.57. The summed E-state index contributed by atoms with van der Waals surface area (Å²) in [6.07, 6.45) is 7.62. The number of oxime groups is 1. The maximum atomic E-state index is 13.8. The van der Waals surface area contributed by atoms with Crippen LogP contribution in [0.2, 0.25) is 0 Å². The van der Waals surface area contributed by atoms with Gasteiger partial charge >= 0.3 is 0 Å². The van der Waals surface area contributed by atoms with E-state index in [2.05, 4.69) is 37.4 Å². The van der Waals surface area contributed by atoms with Crippen molar-refractivity contribution in [1.29, 1.82) is 0 Å². The van der Waals surface area contributed by atoms with Crippen LogP contribution in [0.1, 0.15) is 48.1 Å². The van der Waals surface area contributed by atoms with Gasteiger partial charge in [-0.3, -0.25) is 9.88 Å². The number of hydrogen-bond acceptors (Lipinski definition) is 6. The number of hydrogen-bond donors (Lipinski definition) is 0. The van der Waals surface area contributed by atoms with E-state index in [0.717, 1.165) is 55.8 Å². The van der Waals surface area contributed by atoms with Gasteiger partial charge in [-0.25, -0.2) is 18.3 Å². The summed E-state index contributed by atoms with van der Waals surface area (Å²) in [4.78, 5) is 16.4. The number of aromatic nitrogens is 4. The predicted molar refractivity (Wildman–Crippen MR) is 128 cm³/mol. The lowest BCUT2D eigenvalue weighted by Gasteiger charge is -2.32. The average Bonchev–Trinajstić information content (AvgIpc) is 3.36. The summed E-state index contributed by atoms with van der Waals surface area (Å²) in [5, 5.41) is 8.34. The Morgan fingerprint density at radius 1 is 1.06 bits per heavy atom. The fourth-order valence-corrected chi connectivity index (χ4v) is 4.43. The van der Waals surface area contributed by atoms with Crippen LogP contribution < -0.4 is 0 Å². The normalized spacial score (nSPS) is 15.6. The largest absolute Gasteiger partial charge is 0.396 e. The van der Waals surface area contributed by atoms with Crippen LogP contribution in [-0.2, 0) is 11.4 Å². The second kappa shape index (κ2) is 10.3. The molecule has 1 aliphatic rings. The molecule has 0 atom stereocenters. The summed E-state index contributed by atoms with van der Waals surface area (Å²) in [6.45, 7) is 4.94. The number of pyridine rings is 2. The maximum absolute atomic E-state index is 13.8. The summed E-state index contributed by atoms with van der Waals surface area (Å²) in [5.41, 5.74) is 4.55. The van der Waals surface area contributed by atoms with Gasteiger partial charge in [0.1, 0.15) is 18.6 Å². The summed E-state index contributed by atoms with van der Waals surface area (Å²) >= 11 is 0. The fraction of sp³-hybridized carbons (Fsp3) is 0.308. The van der Waals surface area contributed by atoms with Crippen LogP contribution in [0, 0.1) is 11.6 Å². The molecule has 0 N–H and O–H groups in total. The van der Waals surface area contributed by atoms with Crippen LogP contribution in [0.3, 0.4) is 0 Å². The van der Waals surface area contributed by atoms with Crippen molar-refractivity contribution in [2.45, 2.75) is 32.2 Å². The van der Waals surface area contributed by atoms with E-state index in [1.165, 1.54) is 11.6 Å². The number of rotatable bonds is 7. The molecule has 1 aromatic carbocycles. The van der Waals surface area contributed by atoms with Crippen molar-refractivity contribution in [1.82, 2.24) is 24.5 Å². The smallest absolute Gasteiger partial charge is 0.159 e. The molecule has 5 rings (SSSR count). The van der Waals surface area contributed by atoms with Gasteiger partial charge in [0.15, 0.2) is 17.3 Å². The Kier molecular flexibility index (Phi) is 6.76. The minimum atomic E-state index is -0.937. The van der Waals surface area contributed by atoms with E-state index in [9.17, 15) is 8.78 Å². The fourth-order valence-electron chi connectivity index (χ4n) is 4.43. The Hall–Kier alpha value is -3.72. The van der Waals surface area contributed by atoms with E-state index in [-0.39, 0.29) is 0 Å². The van der Waals surface area contributed by atoms with E-state index in [1.54, 1.807) is 19.4 Å². The third-order valence-electron chi connectivity index (χ3n) is 6.31. The molecule has 4 heterocycles. The topological polar surface area (TPSA) is 67.9 Å². The number of nitrogens with zero attached hydrogens (tertiary/aromatic N) is 6. The first-order valence-corrected chi connectivity index (χ1v) is 11.7. The van der Waals surface area contributed by atoms with Crippen molar-refractivity contribution in [3.63, 3.8) is 0 Å². The molecule has 1 aliphatic heterocycles. The third kappa shape index (κ3) is 5.19. The van der Waals surface area contributed by atoms with E-state index in [1.807, 2.05) is 22.7 Å². The molecule has 0 spiro atoms. The molecule has 1 fully saturated rings. The Labute approximate surface area is 202 Å². The van der Waals surface area contributed by atoms with Gasteiger partial charge in [0.2, 0.25) is 0 Å². The number of benzene rings is 1. The standard InChI is InChI=1S/C26H26F2N6O/c1-2-35-32-26(20-4-6-22(27)23(28)13-20)24-7-3-18(14-29-24)15-33-11-9-19(10-12-33)21-5-8-25-30-17-31-34(25)16-21/h3-8,13-14,16-17,19H,2,9-12,15H2,1H3/b32-26+. The molecule has 180 valence electrons. The zero-order chi connectivity index (χ0) is 24.2. The van der Waals surface area contributed by atoms with Gasteiger partial charge in [0.25, 0.3) is 0 Å². The highest BCUT2D eigenvalue weighted by Crippen LogP contribution is 2.28. The molecule has 1 saturated heterocycles. The zero-order valence-electron chi connectivity index (χ0n) is 19.4. The molecular formula is C26H26F2N6O. The van der Waals surface area contributed by atoms with Crippen molar-refractivity contribution < 1.29 is 13.6 Å². The lowest BCUT2D eigenvalue weighted by atomic mass is 9.90. The van der Waals surface area contributed by atoms with Gasteiger partial charge in [-0.05, 0) is 80.2 Å². The second-order valence-electron chi connectivity index (χ2n) is 8.61. The van der Waals surface area contributed by atoms with Crippen molar-refractivity contribution in [3.8, 4) is 0 Å². The lowest BCUT2D eigenvalue weighted by molar-refractivity contribution is 0.159. The van der Waals surface area contributed by atoms with Crippen molar-refractivity contribution in [2.24, 2.45) is 5.16 Å². The highest BCUT2D eigenvalue weighted by molar-refractivity contribution is 6.11. The summed E-state index contributed by atoms with van der Waals surface area (Å²) < 4.78 is 29.0. The van der Waals surface area contributed by atoms with E-state index in [4.69, 9.17) is 4.84 Å². The molecule has 3 aromatic heterocycles. The van der Waals surface area contributed by atoms with Crippen LogP contribution in [0.5, 0.6) is 0 Å². The molecule has 0 unspecified atom stereocenters. The first kappa shape index (κ1) is 23.0. The average molecular weight is 477 g/mol. The van der Waals surface area contributed by atoms with Crippen LogP contribution in [0.4, 0.5) is 8.78 Å². The van der Waals surface area contributed by atoms with E-state index < -0.39 is 11.6 Å². The molecule has 0 amide bonds. The Morgan fingerprint density at radius 3 is 2.66 bits per heavy atom. The summed E-state index contributed by atoms with van der Waals surface area (Å²) in [5.74, 6) is -1.34. The molecule has 0 saturated carbocycles. The van der Waals surface area contributed by atoms with Crippen molar-refractivity contribution >= 4 is 11.4 Å². The third-order valence-corrected chi connectivity index (χ3v) is 6.31. The number of fused-ring (bicyclic) bond motifs is 1. The summed E-state index contributed by atoms with van der Waals surface area (Å²) in [6, 6.07) is 11.7. The van der Waals surface area contributed by atoms with Crippen molar-refractivity contribution in [2.75, 3.05) is 19.7 Å². The molecule has 0 bridgehead atoms. The van der Waals surface area contributed by atoms with Crippen molar-refractivity contribution in [3.05, 3.63) is 95.2 Å². The van der Waals surface area contributed by atoms with Crippen LogP contribution in [0.25, 0.3) is 5.65 Å². The quantitative estimate of drug-likeness (QED) is 0.289. The zero-order valence-corrected chi connectivity index (χ0v) is 19.4. The minimum absolute atomic E-state index is 0.355. The molecule has 9 heteroatoms. The second-order valence-corrected chi connectivity index (χ2v) is 8.61. The first-order valence-electron chi connectivity index (χ1n) is 11.7. The van der Waals surface area contributed by atoms with E-state index in [0.29, 0.717) is 29.5 Å². The van der Waals surface area contributed by atoms with Gasteiger partial charge in [-0.1, -0.05) is 17.3 Å². The molecular weight excluding hydrogens is 450 g/mol. The molecule has 0 radical (unpaired) electrons. The number of likely N-dealkylation sites (tertiary alicyclic amines) is 1. The highest BCUT2D eigenvalue weighted by atomic mass is 19.2. The van der Waals surface area contributed by atoms with Gasteiger partial charge in [0.05, 0.1) is 5.69 Å². The monoisotopic (exact) mass is 476 g/mol. The van der Waals surface area contributed by atoms with Gasteiger partial charge in [0, 0.05) is 24.5 Å². The molecule has 35 heavy (non-hydrogen) atoms. The molecule has 4 aromatic rings.